The lowest BCUT2D eigenvalue weighted by Crippen LogP contribution is -2.44. The number of aromatic nitrogens is 1. The number of para-hydroxylation sites is 2. The lowest BCUT2D eigenvalue weighted by atomic mass is 9.76. The number of anilines is 1. The van der Waals surface area contributed by atoms with Crippen LogP contribution in [0.2, 0.25) is 0 Å². The summed E-state index contributed by atoms with van der Waals surface area (Å²) in [5, 5.41) is 31.8. The van der Waals surface area contributed by atoms with E-state index in [1.54, 1.807) is 0 Å². The third-order valence-corrected chi connectivity index (χ3v) is 10.7. The van der Waals surface area contributed by atoms with Gasteiger partial charge in [-0.3, -0.25) is 0 Å². The molecule has 8 rings (SSSR count). The molecule has 0 fully saturated rings. The first-order chi connectivity index (χ1) is 23.0. The molecular weight excluding hydrogens is 574 g/mol. The Bertz CT molecular complexity index is 2250. The molecule has 5 heteroatoms. The van der Waals surface area contributed by atoms with E-state index in [2.05, 4.69) is 115 Å². The normalized spacial score (nSPS) is 25.2. The summed E-state index contributed by atoms with van der Waals surface area (Å²) in [5.74, 6) is 0.760. The van der Waals surface area contributed by atoms with Gasteiger partial charge in [0.1, 0.15) is 6.07 Å². The molecule has 5 atom stereocenters. The van der Waals surface area contributed by atoms with Gasteiger partial charge in [0.05, 0.1) is 46.4 Å². The fourth-order valence-corrected chi connectivity index (χ4v) is 8.24. The fraction of sp³-hybridized carbons (Fsp3) is 0.262. The topological polar surface area (TPSA) is 90.4 Å². The quantitative estimate of drug-likeness (QED) is 0.250. The van der Waals surface area contributed by atoms with Gasteiger partial charge in [0.25, 0.3) is 0 Å². The summed E-state index contributed by atoms with van der Waals surface area (Å²) >= 11 is 0. The molecule has 47 heavy (non-hydrogen) atoms. The molecule has 2 bridgehead atoms. The van der Waals surface area contributed by atoms with Crippen LogP contribution in [-0.4, -0.2) is 11.0 Å². The van der Waals surface area contributed by atoms with Crippen molar-refractivity contribution in [2.45, 2.75) is 51.5 Å². The third-order valence-electron chi connectivity index (χ3n) is 10.7. The number of rotatable bonds is 3. The highest BCUT2D eigenvalue weighted by atomic mass is 15.2. The smallest absolute Gasteiger partial charge is 0.101 e. The number of H-pyrrole nitrogens is 1. The molecule has 4 aliphatic rings. The molecule has 5 nitrogen and oxygen atoms in total. The molecule has 0 saturated carbocycles. The Morgan fingerprint density at radius 1 is 0.830 bits per heavy atom. The zero-order chi connectivity index (χ0) is 32.2. The number of allylic oxidation sites excluding steroid dienone is 8. The molecule has 0 spiro atoms. The molecule has 3 aliphatic carbocycles. The van der Waals surface area contributed by atoms with Crippen LogP contribution in [0, 0.1) is 51.7 Å². The molecule has 1 N–H and O–H groups in total. The van der Waals surface area contributed by atoms with Crippen LogP contribution in [0.25, 0.3) is 27.4 Å². The van der Waals surface area contributed by atoms with Gasteiger partial charge in [0.2, 0.25) is 0 Å². The summed E-state index contributed by atoms with van der Waals surface area (Å²) in [6.07, 6.45) is 14.9. The van der Waals surface area contributed by atoms with Crippen molar-refractivity contribution in [3.05, 3.63) is 130 Å². The second kappa shape index (κ2) is 11.3. The highest BCUT2D eigenvalue weighted by Crippen LogP contribution is 2.52. The van der Waals surface area contributed by atoms with Crippen LogP contribution in [0.5, 0.6) is 0 Å². The predicted molar refractivity (Wildman–Crippen MR) is 188 cm³/mol. The standard InChI is InChI=1S/C42H35N5/c1-25-10-14-30(24-45)41(18-25)47-39-9-4-3-6-31(39)34-20-36(35(21-40(47)26(34)2)29-15-11-27(22-43)12-16-29)32-7-5-8-33-37-19-28(23-44)13-17-38(37)46-42(32)33/h3-9,13-15,17-21,25-27,34,40,46H,10-12,16H2,1-2H3/t25?,26?,27-,34?,40?/m0/s1. The molecule has 0 saturated heterocycles. The molecule has 1 aliphatic heterocycles. The van der Waals surface area contributed by atoms with Crippen molar-refractivity contribution in [2.24, 2.45) is 17.8 Å². The maximum atomic E-state index is 10.3. The average molecular weight is 610 g/mol. The fourth-order valence-electron chi connectivity index (χ4n) is 8.24. The Morgan fingerprint density at radius 2 is 1.70 bits per heavy atom. The number of nitriles is 3. The Hall–Kier alpha value is -5.57. The van der Waals surface area contributed by atoms with Gasteiger partial charge in [0, 0.05) is 33.5 Å². The van der Waals surface area contributed by atoms with Crippen molar-refractivity contribution >= 4 is 33.1 Å². The first-order valence-electron chi connectivity index (χ1n) is 16.7. The molecule has 3 aromatic carbocycles. The maximum absolute atomic E-state index is 10.3. The Kier molecular flexibility index (Phi) is 6.97. The molecule has 2 heterocycles. The average Bonchev–Trinajstić information content (AvgIpc) is 3.44. The number of nitrogens with zero attached hydrogens (tertiary/aromatic N) is 4. The summed E-state index contributed by atoms with van der Waals surface area (Å²) < 4.78 is 0. The Labute approximate surface area is 275 Å². The molecule has 0 amide bonds. The highest BCUT2D eigenvalue weighted by molar-refractivity contribution is 6.12. The van der Waals surface area contributed by atoms with Gasteiger partial charge in [-0.25, -0.2) is 0 Å². The van der Waals surface area contributed by atoms with Crippen molar-refractivity contribution < 1.29 is 0 Å². The molecule has 4 unspecified atom stereocenters. The van der Waals surface area contributed by atoms with Gasteiger partial charge < -0.3 is 9.88 Å². The third kappa shape index (κ3) is 4.64. The van der Waals surface area contributed by atoms with Crippen LogP contribution in [0.1, 0.15) is 62.1 Å². The van der Waals surface area contributed by atoms with Gasteiger partial charge in [-0.1, -0.05) is 80.6 Å². The van der Waals surface area contributed by atoms with Crippen molar-refractivity contribution in [2.75, 3.05) is 4.90 Å². The van der Waals surface area contributed by atoms with Crippen LogP contribution in [0.3, 0.4) is 0 Å². The number of benzene rings is 3. The van der Waals surface area contributed by atoms with Gasteiger partial charge in [-0.05, 0) is 84.1 Å². The van der Waals surface area contributed by atoms with Crippen molar-refractivity contribution in [1.29, 1.82) is 15.8 Å². The SMILES string of the molecule is CC1C=C(N2c3ccccc3C3C=C(c4cccc5c4[nH]c4ccc(C#N)cc45)C(C4=CC[C@H](C#N)CC4)=CC2C3C)C(C#N)=CC1. The Balaban J connectivity index is 1.40. The van der Waals surface area contributed by atoms with E-state index in [-0.39, 0.29) is 23.8 Å². The summed E-state index contributed by atoms with van der Waals surface area (Å²) in [7, 11) is 0. The van der Waals surface area contributed by atoms with E-state index in [1.807, 2.05) is 18.2 Å². The van der Waals surface area contributed by atoms with E-state index in [0.717, 1.165) is 70.0 Å². The minimum Gasteiger partial charge on any atom is -0.354 e. The monoisotopic (exact) mass is 609 g/mol. The second-order valence-corrected chi connectivity index (χ2v) is 13.5. The van der Waals surface area contributed by atoms with E-state index >= 15 is 0 Å². The largest absolute Gasteiger partial charge is 0.354 e. The lowest BCUT2D eigenvalue weighted by Gasteiger charge is -2.46. The van der Waals surface area contributed by atoms with Crippen LogP contribution >= 0.6 is 0 Å². The van der Waals surface area contributed by atoms with E-state index in [1.165, 1.54) is 22.3 Å². The minimum absolute atomic E-state index is 0.0154. The first kappa shape index (κ1) is 28.9. The van der Waals surface area contributed by atoms with Crippen LogP contribution in [0.15, 0.2) is 113 Å². The number of aromatic amines is 1. The molecule has 4 aromatic rings. The zero-order valence-electron chi connectivity index (χ0n) is 26.7. The van der Waals surface area contributed by atoms with Gasteiger partial charge in [-0.2, -0.15) is 15.8 Å². The summed E-state index contributed by atoms with van der Waals surface area (Å²) in [4.78, 5) is 6.16. The molecule has 228 valence electrons. The van der Waals surface area contributed by atoms with Gasteiger partial charge >= 0.3 is 0 Å². The Morgan fingerprint density at radius 3 is 2.49 bits per heavy atom. The van der Waals surface area contributed by atoms with E-state index < -0.39 is 0 Å². The first-order valence-corrected chi connectivity index (χ1v) is 16.7. The second-order valence-electron chi connectivity index (χ2n) is 13.5. The van der Waals surface area contributed by atoms with Gasteiger partial charge in [0.15, 0.2) is 0 Å². The molecule has 1 aromatic heterocycles. The molecular formula is C42H35N5. The van der Waals surface area contributed by atoms with E-state index in [9.17, 15) is 15.8 Å². The predicted octanol–water partition coefficient (Wildman–Crippen LogP) is 9.75. The zero-order valence-corrected chi connectivity index (χ0v) is 26.7. The number of hydrogen-bond acceptors (Lipinski definition) is 4. The summed E-state index contributed by atoms with van der Waals surface area (Å²) in [6, 6.07) is 28.4. The van der Waals surface area contributed by atoms with Crippen LogP contribution < -0.4 is 4.90 Å². The highest BCUT2D eigenvalue weighted by Gasteiger charge is 2.42. The van der Waals surface area contributed by atoms with E-state index in [4.69, 9.17) is 0 Å². The van der Waals surface area contributed by atoms with Crippen molar-refractivity contribution in [1.82, 2.24) is 4.98 Å². The van der Waals surface area contributed by atoms with Crippen molar-refractivity contribution in [3.63, 3.8) is 0 Å². The number of nitrogens with one attached hydrogen (secondary N) is 1. The number of fused-ring (bicyclic) bond motifs is 7. The van der Waals surface area contributed by atoms with Gasteiger partial charge in [-0.15, -0.1) is 0 Å². The lowest BCUT2D eigenvalue weighted by molar-refractivity contribution is 0.439. The van der Waals surface area contributed by atoms with E-state index in [0.29, 0.717) is 11.5 Å². The summed E-state index contributed by atoms with van der Waals surface area (Å²) in [6.45, 7) is 4.57. The van der Waals surface area contributed by atoms with Crippen LogP contribution in [0.4, 0.5) is 5.69 Å². The summed E-state index contributed by atoms with van der Waals surface area (Å²) in [5.41, 5.74) is 11.7. The maximum Gasteiger partial charge on any atom is 0.101 e. The van der Waals surface area contributed by atoms with Crippen molar-refractivity contribution in [3.8, 4) is 18.2 Å². The minimum atomic E-state index is 0.0154. The molecule has 0 radical (unpaired) electrons. The van der Waals surface area contributed by atoms with Crippen LogP contribution in [-0.2, 0) is 0 Å². The number of hydrogen-bond donors (Lipinski definition) is 1.